The van der Waals surface area contributed by atoms with Gasteiger partial charge in [-0.25, -0.2) is 9.18 Å². The number of carbonyl (C=O) groups is 2. The van der Waals surface area contributed by atoms with E-state index in [1.807, 2.05) is 6.92 Å². The van der Waals surface area contributed by atoms with Crippen LogP contribution < -0.4 is 5.32 Å². The molecule has 0 aliphatic rings. The van der Waals surface area contributed by atoms with Crippen LogP contribution in [0.25, 0.3) is 0 Å². The molecule has 0 spiro atoms. The summed E-state index contributed by atoms with van der Waals surface area (Å²) in [5.74, 6) is -1.33. The van der Waals surface area contributed by atoms with E-state index in [9.17, 15) is 14.0 Å². The third-order valence-corrected chi connectivity index (χ3v) is 3.29. The first kappa shape index (κ1) is 16.9. The van der Waals surface area contributed by atoms with Gasteiger partial charge in [0, 0.05) is 32.1 Å². The van der Waals surface area contributed by atoms with Gasteiger partial charge in [-0.3, -0.25) is 4.79 Å². The summed E-state index contributed by atoms with van der Waals surface area (Å²) in [4.78, 5) is 23.9. The van der Waals surface area contributed by atoms with Gasteiger partial charge in [0.15, 0.2) is 0 Å². The number of carboxylic acid groups (broad SMARTS) is 1. The zero-order valence-corrected chi connectivity index (χ0v) is 12.3. The highest BCUT2D eigenvalue weighted by molar-refractivity contribution is 5.74. The molecule has 0 radical (unpaired) electrons. The molecule has 2 amide bonds. The number of benzene rings is 1. The molecule has 5 nitrogen and oxygen atoms in total. The molecule has 1 atom stereocenters. The van der Waals surface area contributed by atoms with Crippen molar-refractivity contribution in [3.8, 4) is 0 Å². The molecule has 1 aromatic rings. The minimum Gasteiger partial charge on any atom is -0.481 e. The standard InChI is InChI=1S/C15H21FN2O3/c1-3-11(8-14(19)20)9-17-15(21)18(2)10-12-6-4-5-7-13(12)16/h4-7,11H,3,8-10H2,1-2H3,(H,17,21)(H,19,20). The van der Waals surface area contributed by atoms with Crippen LogP contribution in [0.1, 0.15) is 25.3 Å². The molecule has 1 rings (SSSR count). The number of aliphatic carboxylic acids is 1. The summed E-state index contributed by atoms with van der Waals surface area (Å²) in [6.45, 7) is 2.33. The molecule has 0 saturated heterocycles. The van der Waals surface area contributed by atoms with E-state index in [0.717, 1.165) is 0 Å². The van der Waals surface area contributed by atoms with Crippen LogP contribution >= 0.6 is 0 Å². The van der Waals surface area contributed by atoms with Gasteiger partial charge in [0.2, 0.25) is 0 Å². The molecule has 2 N–H and O–H groups in total. The second kappa shape index (κ2) is 8.24. The summed E-state index contributed by atoms with van der Waals surface area (Å²) >= 11 is 0. The van der Waals surface area contributed by atoms with Gasteiger partial charge < -0.3 is 15.3 Å². The normalized spacial score (nSPS) is 11.8. The Morgan fingerprint density at radius 2 is 2.05 bits per heavy atom. The third kappa shape index (κ3) is 5.81. The Morgan fingerprint density at radius 3 is 2.62 bits per heavy atom. The van der Waals surface area contributed by atoms with Crippen molar-refractivity contribution in [2.45, 2.75) is 26.3 Å². The number of amides is 2. The summed E-state index contributed by atoms with van der Waals surface area (Å²) < 4.78 is 13.5. The van der Waals surface area contributed by atoms with Crippen molar-refractivity contribution in [1.82, 2.24) is 10.2 Å². The van der Waals surface area contributed by atoms with Crippen molar-refractivity contribution in [3.05, 3.63) is 35.6 Å². The number of hydrogen-bond donors (Lipinski definition) is 2. The van der Waals surface area contributed by atoms with Crippen LogP contribution in [0.2, 0.25) is 0 Å². The van der Waals surface area contributed by atoms with E-state index in [1.54, 1.807) is 25.2 Å². The summed E-state index contributed by atoms with van der Waals surface area (Å²) in [6.07, 6.45) is 0.692. The molecule has 0 bridgehead atoms. The van der Waals surface area contributed by atoms with Crippen molar-refractivity contribution >= 4 is 12.0 Å². The Hall–Kier alpha value is -2.11. The van der Waals surface area contributed by atoms with Crippen LogP contribution in [0.4, 0.5) is 9.18 Å². The highest BCUT2D eigenvalue weighted by Crippen LogP contribution is 2.10. The fourth-order valence-electron chi connectivity index (χ4n) is 1.93. The molecule has 0 heterocycles. The van der Waals surface area contributed by atoms with Gasteiger partial charge >= 0.3 is 12.0 Å². The van der Waals surface area contributed by atoms with E-state index in [2.05, 4.69) is 5.32 Å². The number of nitrogens with one attached hydrogen (secondary N) is 1. The number of carbonyl (C=O) groups excluding carboxylic acids is 1. The highest BCUT2D eigenvalue weighted by atomic mass is 19.1. The lowest BCUT2D eigenvalue weighted by atomic mass is 10.0. The lowest BCUT2D eigenvalue weighted by Crippen LogP contribution is -2.39. The highest BCUT2D eigenvalue weighted by Gasteiger charge is 2.15. The van der Waals surface area contributed by atoms with Gasteiger partial charge in [0.1, 0.15) is 5.82 Å². The lowest BCUT2D eigenvalue weighted by Gasteiger charge is -2.20. The van der Waals surface area contributed by atoms with Crippen molar-refractivity contribution in [1.29, 1.82) is 0 Å². The van der Waals surface area contributed by atoms with Crippen molar-refractivity contribution in [2.75, 3.05) is 13.6 Å². The first-order valence-corrected chi connectivity index (χ1v) is 6.88. The first-order valence-electron chi connectivity index (χ1n) is 6.88. The fraction of sp³-hybridized carbons (Fsp3) is 0.467. The number of halogens is 1. The molecule has 1 unspecified atom stereocenters. The van der Waals surface area contributed by atoms with Gasteiger partial charge in [-0.05, 0) is 12.0 Å². The number of rotatable bonds is 7. The molecule has 1 aromatic carbocycles. The summed E-state index contributed by atoms with van der Waals surface area (Å²) in [5.41, 5.74) is 0.438. The smallest absolute Gasteiger partial charge is 0.317 e. The zero-order chi connectivity index (χ0) is 15.8. The fourth-order valence-corrected chi connectivity index (χ4v) is 1.93. The average molecular weight is 296 g/mol. The predicted octanol–water partition coefficient (Wildman–Crippen LogP) is 2.47. The van der Waals surface area contributed by atoms with Crippen molar-refractivity contribution < 1.29 is 19.1 Å². The maximum absolute atomic E-state index is 13.5. The predicted molar refractivity (Wildman–Crippen MR) is 77.3 cm³/mol. The maximum atomic E-state index is 13.5. The maximum Gasteiger partial charge on any atom is 0.317 e. The number of nitrogens with zero attached hydrogens (tertiary/aromatic N) is 1. The first-order chi connectivity index (χ1) is 9.93. The molecule has 0 saturated carbocycles. The Balaban J connectivity index is 2.47. The SMILES string of the molecule is CCC(CNC(=O)N(C)Cc1ccccc1F)CC(=O)O. The third-order valence-electron chi connectivity index (χ3n) is 3.29. The summed E-state index contributed by atoms with van der Waals surface area (Å²) in [6, 6.07) is 5.93. The van der Waals surface area contributed by atoms with Crippen LogP contribution in [0, 0.1) is 11.7 Å². The minimum absolute atomic E-state index is 0.0216. The van der Waals surface area contributed by atoms with Crippen LogP contribution in [0.5, 0.6) is 0 Å². The van der Waals surface area contributed by atoms with Gasteiger partial charge in [-0.2, -0.15) is 0 Å². The van der Waals surface area contributed by atoms with E-state index in [1.165, 1.54) is 11.0 Å². The van der Waals surface area contributed by atoms with Crippen molar-refractivity contribution in [3.63, 3.8) is 0 Å². The quantitative estimate of drug-likeness (QED) is 0.812. The summed E-state index contributed by atoms with van der Waals surface area (Å²) in [5, 5.41) is 11.4. The van der Waals surface area contributed by atoms with Gasteiger partial charge in [0.25, 0.3) is 0 Å². The average Bonchev–Trinajstić information content (AvgIpc) is 2.45. The van der Waals surface area contributed by atoms with E-state index in [0.29, 0.717) is 18.5 Å². The number of hydrogen-bond acceptors (Lipinski definition) is 2. The molecule has 0 aromatic heterocycles. The molecule has 21 heavy (non-hydrogen) atoms. The van der Waals surface area contributed by atoms with Crippen LogP contribution in [-0.2, 0) is 11.3 Å². The molecule has 6 heteroatoms. The Kier molecular flexibility index (Phi) is 6.65. The van der Waals surface area contributed by atoms with E-state index in [-0.39, 0.29) is 30.7 Å². The second-order valence-electron chi connectivity index (χ2n) is 5.01. The Labute approximate surface area is 123 Å². The molecule has 116 valence electrons. The molecular formula is C15H21FN2O3. The van der Waals surface area contributed by atoms with Crippen LogP contribution in [0.3, 0.4) is 0 Å². The van der Waals surface area contributed by atoms with E-state index in [4.69, 9.17) is 5.11 Å². The lowest BCUT2D eigenvalue weighted by molar-refractivity contribution is -0.138. The number of carboxylic acids is 1. The van der Waals surface area contributed by atoms with Gasteiger partial charge in [-0.1, -0.05) is 31.5 Å². The summed E-state index contributed by atoms with van der Waals surface area (Å²) in [7, 11) is 1.57. The zero-order valence-electron chi connectivity index (χ0n) is 12.3. The van der Waals surface area contributed by atoms with Crippen LogP contribution in [-0.4, -0.2) is 35.6 Å². The number of urea groups is 1. The monoisotopic (exact) mass is 296 g/mol. The Bertz CT molecular complexity index is 494. The minimum atomic E-state index is -0.879. The molecular weight excluding hydrogens is 275 g/mol. The van der Waals surface area contributed by atoms with Gasteiger partial charge in [0.05, 0.1) is 0 Å². The Morgan fingerprint density at radius 1 is 1.38 bits per heavy atom. The molecule has 0 fully saturated rings. The van der Waals surface area contributed by atoms with E-state index < -0.39 is 5.97 Å². The van der Waals surface area contributed by atoms with Crippen molar-refractivity contribution in [2.24, 2.45) is 5.92 Å². The topological polar surface area (TPSA) is 69.6 Å². The largest absolute Gasteiger partial charge is 0.481 e. The van der Waals surface area contributed by atoms with Gasteiger partial charge in [-0.15, -0.1) is 0 Å². The molecule has 0 aliphatic heterocycles. The molecule has 0 aliphatic carbocycles. The van der Waals surface area contributed by atoms with E-state index >= 15 is 0 Å². The van der Waals surface area contributed by atoms with Crippen LogP contribution in [0.15, 0.2) is 24.3 Å². The second-order valence-corrected chi connectivity index (χ2v) is 5.01.